The number of benzene rings is 2. The maximum absolute atomic E-state index is 12.3. The van der Waals surface area contributed by atoms with Crippen LogP contribution >= 0.6 is 11.8 Å². The van der Waals surface area contributed by atoms with Crippen molar-refractivity contribution in [3.05, 3.63) is 70.7 Å². The Hall–Kier alpha value is -3.26. The van der Waals surface area contributed by atoms with Gasteiger partial charge in [0.2, 0.25) is 11.6 Å². The van der Waals surface area contributed by atoms with E-state index in [1.807, 2.05) is 61.7 Å². The summed E-state index contributed by atoms with van der Waals surface area (Å²) in [6.45, 7) is 1.98. The van der Waals surface area contributed by atoms with Gasteiger partial charge in [0.1, 0.15) is 0 Å². The number of fused-ring (bicyclic) bond motifs is 1. The van der Waals surface area contributed by atoms with Crippen LogP contribution in [-0.4, -0.2) is 21.9 Å². The molecule has 4 rings (SSSR count). The second-order valence-electron chi connectivity index (χ2n) is 6.07. The fraction of sp³-hybridized carbons (Fsp3) is 0.105. The minimum absolute atomic E-state index is 0.0830. The Labute approximate surface area is 158 Å². The first kappa shape index (κ1) is 17.2. The minimum atomic E-state index is -0.512. The second-order valence-corrected chi connectivity index (χ2v) is 7.04. The van der Waals surface area contributed by atoms with Gasteiger partial charge in [0, 0.05) is 34.9 Å². The van der Waals surface area contributed by atoms with Crippen LogP contribution in [0.5, 0.6) is 0 Å². The normalized spacial score (nSPS) is 11.0. The van der Waals surface area contributed by atoms with E-state index in [-0.39, 0.29) is 11.7 Å². The molecule has 0 bridgehead atoms. The van der Waals surface area contributed by atoms with Gasteiger partial charge >= 0.3 is 10.7 Å². The van der Waals surface area contributed by atoms with Crippen LogP contribution in [0.3, 0.4) is 0 Å². The van der Waals surface area contributed by atoms with Crippen LogP contribution in [0.25, 0.3) is 16.6 Å². The number of nitrogens with zero attached hydrogens (tertiary/aromatic N) is 1. The molecule has 0 radical (unpaired) electrons. The summed E-state index contributed by atoms with van der Waals surface area (Å²) in [4.78, 5) is 27.4. The molecule has 2 aromatic heterocycles. The van der Waals surface area contributed by atoms with E-state index in [1.165, 1.54) is 4.68 Å². The Morgan fingerprint density at radius 1 is 1.19 bits per heavy atom. The molecule has 1 amide bonds. The summed E-state index contributed by atoms with van der Waals surface area (Å²) in [6.07, 6.45) is 1.85. The molecule has 4 aromatic rings. The maximum atomic E-state index is 12.3. The molecule has 0 saturated carbocycles. The number of thioether (sulfide) groups is 1. The largest absolute Gasteiger partial charge is 0.442 e. The number of nitrogens with one attached hydrogen (secondary N) is 3. The van der Waals surface area contributed by atoms with Crippen LogP contribution < -0.4 is 15.6 Å². The van der Waals surface area contributed by atoms with Crippen molar-refractivity contribution in [3.8, 4) is 5.69 Å². The zero-order chi connectivity index (χ0) is 18.8. The molecule has 0 aliphatic heterocycles. The molecule has 27 heavy (non-hydrogen) atoms. The fourth-order valence-electron chi connectivity index (χ4n) is 2.71. The quantitative estimate of drug-likeness (QED) is 0.366. The lowest BCUT2D eigenvalue weighted by Gasteiger charge is -2.04. The van der Waals surface area contributed by atoms with E-state index in [4.69, 9.17) is 4.52 Å². The van der Waals surface area contributed by atoms with Gasteiger partial charge in [0.25, 0.3) is 0 Å². The summed E-state index contributed by atoms with van der Waals surface area (Å²) >= 11 is 1.12. The molecule has 0 atom stereocenters. The average molecular weight is 381 g/mol. The number of amides is 1. The highest BCUT2D eigenvalue weighted by molar-refractivity contribution is 7.99. The fourth-order valence-corrected chi connectivity index (χ4v) is 3.48. The van der Waals surface area contributed by atoms with E-state index in [9.17, 15) is 9.59 Å². The number of aromatic nitrogens is 3. The van der Waals surface area contributed by atoms with Crippen molar-refractivity contribution >= 4 is 34.3 Å². The second kappa shape index (κ2) is 7.16. The summed E-state index contributed by atoms with van der Waals surface area (Å²) in [5, 5.41) is 6.75. The Balaban J connectivity index is 1.46. The molecule has 2 heterocycles. The first-order chi connectivity index (χ1) is 13.1. The molecule has 2 aromatic carbocycles. The van der Waals surface area contributed by atoms with Gasteiger partial charge < -0.3 is 10.3 Å². The third kappa shape index (κ3) is 3.65. The smallest absolute Gasteiger partial charge is 0.361 e. The first-order valence-electron chi connectivity index (χ1n) is 8.30. The summed E-state index contributed by atoms with van der Waals surface area (Å²) in [7, 11) is 0. The Bertz CT molecular complexity index is 1160. The molecule has 0 aliphatic rings. The third-order valence-corrected chi connectivity index (χ3v) is 5.11. The van der Waals surface area contributed by atoms with E-state index in [1.54, 1.807) is 0 Å². The molecule has 0 saturated heterocycles. The minimum Gasteiger partial charge on any atom is -0.361 e. The average Bonchev–Trinajstić information content (AvgIpc) is 3.27. The molecular formula is C19H17N4O3S+. The highest BCUT2D eigenvalue weighted by atomic mass is 32.2. The van der Waals surface area contributed by atoms with Gasteiger partial charge in [-0.2, -0.15) is 0 Å². The molecule has 0 spiro atoms. The summed E-state index contributed by atoms with van der Waals surface area (Å²) in [5.74, 6) is -0.120. The lowest BCUT2D eigenvalue weighted by molar-refractivity contribution is -0.704. The summed E-state index contributed by atoms with van der Waals surface area (Å²) in [5.41, 5.74) is 3.07. The zero-order valence-corrected chi connectivity index (χ0v) is 15.3. The molecule has 0 fully saturated rings. The van der Waals surface area contributed by atoms with Gasteiger partial charge in [-0.25, -0.2) is 4.79 Å². The van der Waals surface area contributed by atoms with Crippen molar-refractivity contribution < 1.29 is 14.0 Å². The van der Waals surface area contributed by atoms with Crippen LogP contribution in [0.2, 0.25) is 0 Å². The molecule has 0 aliphatic carbocycles. The molecule has 136 valence electrons. The number of H-pyrrole nitrogens is 2. The third-order valence-electron chi connectivity index (χ3n) is 4.08. The molecule has 7 nitrogen and oxygen atoms in total. The number of aromatic amines is 2. The lowest BCUT2D eigenvalue weighted by atomic mass is 10.2. The highest BCUT2D eigenvalue weighted by Gasteiger charge is 2.24. The van der Waals surface area contributed by atoms with Gasteiger partial charge in [-0.3, -0.25) is 9.32 Å². The number of aryl methyl sites for hydroxylation is 1. The van der Waals surface area contributed by atoms with E-state index in [2.05, 4.69) is 15.6 Å². The highest BCUT2D eigenvalue weighted by Crippen LogP contribution is 2.18. The Morgan fingerprint density at radius 2 is 2.00 bits per heavy atom. The molecule has 8 heteroatoms. The van der Waals surface area contributed by atoms with Gasteiger partial charge in [-0.1, -0.05) is 17.7 Å². The van der Waals surface area contributed by atoms with Crippen LogP contribution in [-0.2, 0) is 4.79 Å². The van der Waals surface area contributed by atoms with E-state index in [0.717, 1.165) is 33.9 Å². The van der Waals surface area contributed by atoms with Crippen LogP contribution in [0.15, 0.2) is 69.1 Å². The first-order valence-corrected chi connectivity index (χ1v) is 9.29. The van der Waals surface area contributed by atoms with Crippen LogP contribution in [0.1, 0.15) is 5.56 Å². The van der Waals surface area contributed by atoms with Crippen molar-refractivity contribution in [2.24, 2.45) is 0 Å². The predicted octanol–water partition coefficient (Wildman–Crippen LogP) is 2.77. The lowest BCUT2D eigenvalue weighted by Crippen LogP contribution is -2.36. The number of hydrogen-bond acceptors (Lipinski definition) is 4. The number of carbonyl (C=O) groups is 1. The number of anilines is 1. The van der Waals surface area contributed by atoms with Gasteiger partial charge in [0.15, 0.2) is 0 Å². The van der Waals surface area contributed by atoms with E-state index >= 15 is 0 Å². The van der Waals surface area contributed by atoms with Crippen LogP contribution in [0.4, 0.5) is 5.69 Å². The summed E-state index contributed by atoms with van der Waals surface area (Å²) in [6, 6.07) is 15.2. The number of rotatable bonds is 5. The standard InChI is InChI=1S/C19H16N4O3S/c1-12-2-5-15(6-3-12)23-18(19(25)26-22-23)27-11-17(24)21-14-4-7-16-13(10-14)8-9-20-16/h2-10,22,25H,11H2,1H3/p+1. The SMILES string of the molecule is Cc1ccc(-[n+]2[nH]oc(=O)c2SCC(=O)Nc2ccc3[nH]ccc3c2)cc1. The van der Waals surface area contributed by atoms with Crippen molar-refractivity contribution in [2.75, 3.05) is 11.1 Å². The van der Waals surface area contributed by atoms with E-state index in [0.29, 0.717) is 10.7 Å². The topological polar surface area (TPSA) is 94.8 Å². The predicted molar refractivity (Wildman–Crippen MR) is 103 cm³/mol. The van der Waals surface area contributed by atoms with Gasteiger partial charge in [0.05, 0.1) is 5.75 Å². The van der Waals surface area contributed by atoms with Crippen molar-refractivity contribution in [1.82, 2.24) is 10.3 Å². The van der Waals surface area contributed by atoms with E-state index < -0.39 is 5.63 Å². The van der Waals surface area contributed by atoms with Gasteiger partial charge in [-0.15, -0.1) is 0 Å². The number of carbonyl (C=O) groups excluding carboxylic acids is 1. The zero-order valence-electron chi connectivity index (χ0n) is 14.5. The Morgan fingerprint density at radius 3 is 2.81 bits per heavy atom. The van der Waals surface area contributed by atoms with Crippen molar-refractivity contribution in [2.45, 2.75) is 11.9 Å². The molecule has 3 N–H and O–H groups in total. The molecular weight excluding hydrogens is 364 g/mol. The summed E-state index contributed by atoms with van der Waals surface area (Å²) < 4.78 is 6.43. The Kier molecular flexibility index (Phi) is 4.55. The number of hydrogen-bond donors (Lipinski definition) is 3. The molecule has 0 unspecified atom stereocenters. The van der Waals surface area contributed by atoms with Crippen molar-refractivity contribution in [3.63, 3.8) is 0 Å². The monoisotopic (exact) mass is 381 g/mol. The van der Waals surface area contributed by atoms with Gasteiger partial charge in [-0.05, 0) is 52.9 Å². The van der Waals surface area contributed by atoms with Crippen LogP contribution in [0, 0.1) is 6.92 Å². The maximum Gasteiger partial charge on any atom is 0.442 e. The van der Waals surface area contributed by atoms with Crippen molar-refractivity contribution in [1.29, 1.82) is 0 Å².